The smallest absolute Gasteiger partial charge is 0.434 e. The Balaban J connectivity index is 2.58. The van der Waals surface area contributed by atoms with Gasteiger partial charge in [0.25, 0.3) is 5.54 Å². The number of carbonyl (C=O) groups excluding carboxylic acids is 1. The maximum Gasteiger partial charge on any atom is 0.434 e. The van der Waals surface area contributed by atoms with Gasteiger partial charge in [0.1, 0.15) is 11.5 Å². The molecule has 2 aromatic rings. The molecule has 28 heavy (non-hydrogen) atoms. The van der Waals surface area contributed by atoms with Crippen molar-refractivity contribution in [2.45, 2.75) is 11.7 Å². The van der Waals surface area contributed by atoms with Gasteiger partial charge in [-0.3, -0.25) is 0 Å². The number of para-hydroxylation sites is 2. The van der Waals surface area contributed by atoms with Crippen LogP contribution in [0.1, 0.15) is 5.56 Å². The Morgan fingerprint density at radius 2 is 1.61 bits per heavy atom. The molecule has 0 heterocycles. The summed E-state index contributed by atoms with van der Waals surface area (Å²) in [4.78, 5) is 12.2. The topological polar surface area (TPSA) is 56.8 Å². The van der Waals surface area contributed by atoms with Crippen LogP contribution in [-0.2, 0) is 9.53 Å². The summed E-state index contributed by atoms with van der Waals surface area (Å²) in [7, 11) is 3.63. The van der Waals surface area contributed by atoms with Crippen molar-refractivity contribution in [3.63, 3.8) is 0 Å². The summed E-state index contributed by atoms with van der Waals surface area (Å²) in [5.74, 6) is 3.45. The average molecular weight is 393 g/mol. The lowest BCUT2D eigenvalue weighted by atomic mass is 9.97. The quantitative estimate of drug-likeness (QED) is 0.621. The van der Waals surface area contributed by atoms with Crippen molar-refractivity contribution in [2.75, 3.05) is 26.6 Å². The van der Waals surface area contributed by atoms with E-state index in [-0.39, 0.29) is 17.0 Å². The second kappa shape index (κ2) is 8.57. The molecule has 0 saturated carbocycles. The molecule has 8 heteroatoms. The van der Waals surface area contributed by atoms with Crippen LogP contribution in [0, 0.1) is 11.8 Å². The van der Waals surface area contributed by atoms with Gasteiger partial charge in [0, 0.05) is 5.56 Å². The van der Waals surface area contributed by atoms with Crippen molar-refractivity contribution in [1.82, 2.24) is 0 Å². The molecule has 148 valence electrons. The molecular formula is C20H18F3NO4. The number of anilines is 1. The number of hydrogen-bond acceptors (Lipinski definition) is 5. The first kappa shape index (κ1) is 21.0. The van der Waals surface area contributed by atoms with Crippen LogP contribution in [0.15, 0.2) is 48.5 Å². The summed E-state index contributed by atoms with van der Waals surface area (Å²) in [5, 5.41) is 2.17. The number of ether oxygens (including phenoxy) is 3. The Labute approximate surface area is 160 Å². The van der Waals surface area contributed by atoms with Crippen LogP contribution in [0.3, 0.4) is 0 Å². The highest BCUT2D eigenvalue weighted by Gasteiger charge is 2.61. The molecule has 0 aliphatic rings. The molecule has 0 spiro atoms. The fraction of sp³-hybridized carbons (Fsp3) is 0.250. The van der Waals surface area contributed by atoms with Gasteiger partial charge in [-0.1, -0.05) is 18.1 Å². The van der Waals surface area contributed by atoms with E-state index >= 15 is 0 Å². The number of halogens is 3. The number of esters is 1. The highest BCUT2D eigenvalue weighted by molar-refractivity contribution is 5.91. The van der Waals surface area contributed by atoms with Gasteiger partial charge in [0.2, 0.25) is 0 Å². The van der Waals surface area contributed by atoms with Gasteiger partial charge in [-0.2, -0.15) is 13.2 Å². The number of alkyl halides is 3. The molecule has 0 aromatic heterocycles. The normalized spacial score (nSPS) is 12.8. The number of carbonyl (C=O) groups is 1. The molecule has 0 saturated heterocycles. The van der Waals surface area contributed by atoms with Crippen LogP contribution < -0.4 is 14.8 Å². The molecule has 0 fully saturated rings. The Hall–Kier alpha value is -3.34. The van der Waals surface area contributed by atoms with E-state index in [1.807, 2.05) is 5.92 Å². The van der Waals surface area contributed by atoms with Crippen molar-refractivity contribution in [3.05, 3.63) is 54.1 Å². The van der Waals surface area contributed by atoms with Gasteiger partial charge < -0.3 is 19.5 Å². The summed E-state index contributed by atoms with van der Waals surface area (Å²) < 4.78 is 56.6. The van der Waals surface area contributed by atoms with Crippen LogP contribution >= 0.6 is 0 Å². The molecule has 0 unspecified atom stereocenters. The molecule has 0 bridgehead atoms. The minimum Gasteiger partial charge on any atom is -0.497 e. The predicted molar refractivity (Wildman–Crippen MR) is 97.3 cm³/mol. The maximum absolute atomic E-state index is 14.0. The minimum absolute atomic E-state index is 0.0586. The van der Waals surface area contributed by atoms with Gasteiger partial charge in [-0.05, 0) is 42.3 Å². The number of benzene rings is 2. The van der Waals surface area contributed by atoms with E-state index in [1.165, 1.54) is 44.6 Å². The first-order valence-electron chi connectivity index (χ1n) is 8.01. The zero-order valence-electron chi connectivity index (χ0n) is 15.4. The molecule has 2 rings (SSSR count). The summed E-state index contributed by atoms with van der Waals surface area (Å²) in [5.41, 5.74) is -3.09. The number of hydrogen-bond donors (Lipinski definition) is 1. The number of rotatable bonds is 5. The van der Waals surface area contributed by atoms with E-state index in [0.29, 0.717) is 5.75 Å². The lowest BCUT2D eigenvalue weighted by Crippen LogP contribution is -2.57. The van der Waals surface area contributed by atoms with E-state index in [0.717, 1.165) is 7.11 Å². The summed E-state index contributed by atoms with van der Waals surface area (Å²) in [6, 6.07) is 11.9. The third-order valence-electron chi connectivity index (χ3n) is 3.83. The van der Waals surface area contributed by atoms with Crippen LogP contribution in [0.25, 0.3) is 0 Å². The predicted octanol–water partition coefficient (Wildman–Crippen LogP) is 3.64. The third kappa shape index (κ3) is 4.31. The molecule has 1 atom stereocenters. The van der Waals surface area contributed by atoms with Crippen molar-refractivity contribution in [2.24, 2.45) is 0 Å². The first-order valence-corrected chi connectivity index (χ1v) is 8.01. The van der Waals surface area contributed by atoms with Gasteiger partial charge in [0.05, 0.1) is 27.0 Å². The van der Waals surface area contributed by atoms with Crippen LogP contribution in [0.2, 0.25) is 0 Å². The van der Waals surface area contributed by atoms with E-state index in [9.17, 15) is 18.0 Å². The van der Waals surface area contributed by atoms with Crippen LogP contribution in [0.4, 0.5) is 18.9 Å². The van der Waals surface area contributed by atoms with Gasteiger partial charge >= 0.3 is 12.1 Å². The summed E-state index contributed by atoms with van der Waals surface area (Å²) >= 11 is 0. The van der Waals surface area contributed by atoms with Gasteiger partial charge in [0.15, 0.2) is 0 Å². The molecule has 1 N–H and O–H groups in total. The molecule has 0 aliphatic heterocycles. The third-order valence-corrected chi connectivity index (χ3v) is 3.83. The van der Waals surface area contributed by atoms with Crippen molar-refractivity contribution in [3.8, 4) is 23.3 Å². The molecule has 0 radical (unpaired) electrons. The Kier molecular flexibility index (Phi) is 6.41. The molecular weight excluding hydrogens is 375 g/mol. The van der Waals surface area contributed by atoms with E-state index in [4.69, 9.17) is 9.47 Å². The Morgan fingerprint density at radius 3 is 2.14 bits per heavy atom. The summed E-state index contributed by atoms with van der Waals surface area (Å²) in [6.07, 6.45) is -5.08. The van der Waals surface area contributed by atoms with Crippen LogP contribution in [-0.4, -0.2) is 39.0 Å². The lowest BCUT2D eigenvalue weighted by molar-refractivity contribution is -0.187. The SMILES string of the molecule is COC(=O)[C@@](C#Cc1ccc(OC)cc1)(Nc1ccccc1OC)C(F)(F)F. The highest BCUT2D eigenvalue weighted by Crippen LogP contribution is 2.37. The second-order valence-corrected chi connectivity index (χ2v) is 5.54. The second-order valence-electron chi connectivity index (χ2n) is 5.54. The van der Waals surface area contributed by atoms with Gasteiger partial charge in [-0.15, -0.1) is 0 Å². The maximum atomic E-state index is 14.0. The van der Waals surface area contributed by atoms with Crippen molar-refractivity contribution >= 4 is 11.7 Å². The highest BCUT2D eigenvalue weighted by atomic mass is 19.4. The van der Waals surface area contributed by atoms with E-state index in [2.05, 4.69) is 16.0 Å². The zero-order chi connectivity index (χ0) is 20.8. The van der Waals surface area contributed by atoms with E-state index < -0.39 is 17.7 Å². The van der Waals surface area contributed by atoms with Crippen molar-refractivity contribution in [1.29, 1.82) is 0 Å². The van der Waals surface area contributed by atoms with Crippen LogP contribution in [0.5, 0.6) is 11.5 Å². The molecule has 5 nitrogen and oxygen atoms in total. The number of methoxy groups -OCH3 is 3. The fourth-order valence-corrected chi connectivity index (χ4v) is 2.33. The van der Waals surface area contributed by atoms with E-state index in [1.54, 1.807) is 18.2 Å². The monoisotopic (exact) mass is 393 g/mol. The first-order chi connectivity index (χ1) is 13.3. The van der Waals surface area contributed by atoms with Gasteiger partial charge in [-0.25, -0.2) is 4.79 Å². The minimum atomic E-state index is -5.08. The Morgan fingerprint density at radius 1 is 0.964 bits per heavy atom. The summed E-state index contributed by atoms with van der Waals surface area (Å²) in [6.45, 7) is 0. The average Bonchev–Trinajstić information content (AvgIpc) is 2.70. The van der Waals surface area contributed by atoms with Crippen molar-refractivity contribution < 1.29 is 32.2 Å². The number of nitrogens with one attached hydrogen (secondary N) is 1. The standard InChI is InChI=1S/C20H18F3NO4/c1-26-15-10-8-14(9-11-15)12-13-19(18(25)28-3,20(21,22)23)24-16-6-4-5-7-17(16)27-2/h4-11,24H,1-3H3/t19-/m1/s1. The Bertz CT molecular complexity index is 885. The molecule has 2 aromatic carbocycles. The largest absolute Gasteiger partial charge is 0.497 e. The fourth-order valence-electron chi connectivity index (χ4n) is 2.33. The molecule has 0 aliphatic carbocycles. The molecule has 0 amide bonds. The zero-order valence-corrected chi connectivity index (χ0v) is 15.4. The lowest BCUT2D eigenvalue weighted by Gasteiger charge is -2.30.